The lowest BCUT2D eigenvalue weighted by molar-refractivity contribution is 0.103. The van der Waals surface area contributed by atoms with Crippen LogP contribution in [0.5, 0.6) is 17.4 Å². The number of H-pyrrole nitrogens is 1. The fraction of sp³-hybridized carbons (Fsp3) is 0.391. The van der Waals surface area contributed by atoms with Crippen LogP contribution in [0.25, 0.3) is 0 Å². The standard InChI is InChI=1S/C23H29N5O4S/c1-4-27-7-9-28(10-8-27)22-6-5-19(33-22)23(29)24-20-14-21(26-25-20)32-15-16-11-17(30-2)13-18(12-16)31-3/h5-6,11-14H,4,7-10,15H2,1-3H3,(H2,24,25,26,29). The number of benzene rings is 1. The number of nitrogens with zero attached hydrogens (tertiary/aromatic N) is 3. The summed E-state index contributed by atoms with van der Waals surface area (Å²) in [4.78, 5) is 18.1. The Kier molecular flexibility index (Phi) is 7.36. The van der Waals surface area contributed by atoms with Gasteiger partial charge in [0.05, 0.1) is 24.1 Å². The molecule has 0 unspecified atom stereocenters. The van der Waals surface area contributed by atoms with E-state index in [1.807, 2.05) is 24.3 Å². The molecule has 2 N–H and O–H groups in total. The van der Waals surface area contributed by atoms with E-state index in [0.717, 1.165) is 43.3 Å². The molecule has 176 valence electrons. The molecule has 0 saturated carbocycles. The van der Waals surface area contributed by atoms with Crippen LogP contribution in [-0.4, -0.2) is 67.9 Å². The number of carbonyl (C=O) groups is 1. The van der Waals surface area contributed by atoms with E-state index >= 15 is 0 Å². The maximum absolute atomic E-state index is 12.7. The van der Waals surface area contributed by atoms with E-state index < -0.39 is 0 Å². The highest BCUT2D eigenvalue weighted by Crippen LogP contribution is 2.28. The SMILES string of the molecule is CCN1CCN(c2ccc(C(=O)Nc3cc(OCc4cc(OC)cc(OC)c4)n[nH]3)s2)CC1. The highest BCUT2D eigenvalue weighted by Gasteiger charge is 2.19. The number of carbonyl (C=O) groups excluding carboxylic acids is 1. The van der Waals surface area contributed by atoms with Crippen molar-refractivity contribution in [3.8, 4) is 17.4 Å². The molecule has 4 rings (SSSR count). The normalized spacial score (nSPS) is 14.2. The minimum atomic E-state index is -0.175. The number of methoxy groups -OCH3 is 2. The van der Waals surface area contributed by atoms with Gasteiger partial charge in [0.2, 0.25) is 5.88 Å². The molecule has 1 aliphatic rings. The molecule has 3 heterocycles. The van der Waals surface area contributed by atoms with Gasteiger partial charge in [0, 0.05) is 38.3 Å². The Balaban J connectivity index is 1.32. The Labute approximate surface area is 197 Å². The number of anilines is 2. The zero-order valence-corrected chi connectivity index (χ0v) is 19.9. The molecular weight excluding hydrogens is 442 g/mol. The Morgan fingerprint density at radius 3 is 2.48 bits per heavy atom. The second-order valence-electron chi connectivity index (χ2n) is 7.64. The van der Waals surface area contributed by atoms with Crippen molar-refractivity contribution < 1.29 is 19.0 Å². The molecule has 1 fully saturated rings. The third kappa shape index (κ3) is 5.77. The quantitative estimate of drug-likeness (QED) is 0.494. The van der Waals surface area contributed by atoms with E-state index in [0.29, 0.717) is 28.1 Å². The lowest BCUT2D eigenvalue weighted by Crippen LogP contribution is -2.45. The second-order valence-corrected chi connectivity index (χ2v) is 8.70. The molecule has 0 atom stereocenters. The molecule has 1 aromatic carbocycles. The molecule has 0 aliphatic carbocycles. The van der Waals surface area contributed by atoms with Gasteiger partial charge < -0.3 is 29.3 Å². The summed E-state index contributed by atoms with van der Waals surface area (Å²) in [5.74, 6) is 2.06. The first-order valence-corrected chi connectivity index (χ1v) is 11.7. The van der Waals surface area contributed by atoms with Gasteiger partial charge in [-0.05, 0) is 36.4 Å². The largest absolute Gasteiger partial charge is 0.497 e. The summed E-state index contributed by atoms with van der Waals surface area (Å²) in [5, 5.41) is 10.9. The van der Waals surface area contributed by atoms with Crippen molar-refractivity contribution in [3.63, 3.8) is 0 Å². The van der Waals surface area contributed by atoms with E-state index in [1.165, 1.54) is 11.3 Å². The van der Waals surface area contributed by atoms with Crippen LogP contribution in [0.15, 0.2) is 36.4 Å². The fourth-order valence-corrected chi connectivity index (χ4v) is 4.59. The van der Waals surface area contributed by atoms with Gasteiger partial charge in [-0.3, -0.25) is 9.89 Å². The Bertz CT molecular complexity index is 1050. The summed E-state index contributed by atoms with van der Waals surface area (Å²) < 4.78 is 16.3. The molecule has 0 bridgehead atoms. The molecular formula is C23H29N5O4S. The van der Waals surface area contributed by atoms with E-state index in [4.69, 9.17) is 14.2 Å². The van der Waals surface area contributed by atoms with E-state index in [9.17, 15) is 4.79 Å². The number of piperazine rings is 1. The van der Waals surface area contributed by atoms with Crippen LogP contribution in [-0.2, 0) is 6.61 Å². The van der Waals surface area contributed by atoms with Crippen molar-refractivity contribution in [2.75, 3.05) is 57.2 Å². The van der Waals surface area contributed by atoms with E-state index in [-0.39, 0.29) is 12.5 Å². The Hall–Kier alpha value is -3.24. The molecule has 0 radical (unpaired) electrons. The first kappa shape index (κ1) is 22.9. The highest BCUT2D eigenvalue weighted by atomic mass is 32.1. The van der Waals surface area contributed by atoms with Crippen LogP contribution in [0.1, 0.15) is 22.2 Å². The van der Waals surface area contributed by atoms with Gasteiger partial charge in [0.15, 0.2) is 0 Å². The third-order valence-corrected chi connectivity index (χ3v) is 6.69. The van der Waals surface area contributed by atoms with Crippen LogP contribution in [0.2, 0.25) is 0 Å². The summed E-state index contributed by atoms with van der Waals surface area (Å²) in [6, 6.07) is 11.1. The van der Waals surface area contributed by atoms with Gasteiger partial charge in [0.25, 0.3) is 5.91 Å². The van der Waals surface area contributed by atoms with Crippen molar-refractivity contribution in [2.24, 2.45) is 0 Å². The molecule has 33 heavy (non-hydrogen) atoms. The third-order valence-electron chi connectivity index (χ3n) is 5.55. The number of hydrogen-bond acceptors (Lipinski definition) is 8. The van der Waals surface area contributed by atoms with Gasteiger partial charge in [-0.2, -0.15) is 0 Å². The first-order chi connectivity index (χ1) is 16.1. The highest BCUT2D eigenvalue weighted by molar-refractivity contribution is 7.18. The molecule has 10 heteroatoms. The lowest BCUT2D eigenvalue weighted by Gasteiger charge is -2.34. The minimum Gasteiger partial charge on any atom is -0.497 e. The number of thiophene rings is 1. The number of aromatic nitrogens is 2. The molecule has 9 nitrogen and oxygen atoms in total. The predicted octanol–water partition coefficient (Wildman–Crippen LogP) is 3.46. The van der Waals surface area contributed by atoms with Crippen molar-refractivity contribution >= 4 is 28.1 Å². The zero-order chi connectivity index (χ0) is 23.2. The number of ether oxygens (including phenoxy) is 3. The van der Waals surface area contributed by atoms with Crippen LogP contribution in [0.3, 0.4) is 0 Å². The van der Waals surface area contributed by atoms with Crippen molar-refractivity contribution in [2.45, 2.75) is 13.5 Å². The summed E-state index contributed by atoms with van der Waals surface area (Å²) in [6.45, 7) is 7.61. The van der Waals surface area contributed by atoms with Gasteiger partial charge >= 0.3 is 0 Å². The lowest BCUT2D eigenvalue weighted by atomic mass is 10.2. The molecule has 3 aromatic rings. The molecule has 1 aliphatic heterocycles. The molecule has 1 amide bonds. The van der Waals surface area contributed by atoms with Gasteiger partial charge in [-0.1, -0.05) is 6.92 Å². The van der Waals surface area contributed by atoms with Crippen molar-refractivity contribution in [1.82, 2.24) is 15.1 Å². The number of likely N-dealkylation sites (N-methyl/N-ethyl adjacent to an activating group) is 1. The predicted molar refractivity (Wildman–Crippen MR) is 129 cm³/mol. The van der Waals surface area contributed by atoms with Gasteiger partial charge in [-0.15, -0.1) is 16.4 Å². The second kappa shape index (κ2) is 10.6. The first-order valence-electron chi connectivity index (χ1n) is 10.9. The van der Waals surface area contributed by atoms with Gasteiger partial charge in [-0.25, -0.2) is 0 Å². The molecule has 1 saturated heterocycles. The van der Waals surface area contributed by atoms with Crippen molar-refractivity contribution in [1.29, 1.82) is 0 Å². The average molecular weight is 472 g/mol. The van der Waals surface area contributed by atoms with Crippen LogP contribution < -0.4 is 24.4 Å². The summed E-state index contributed by atoms with van der Waals surface area (Å²) in [6.07, 6.45) is 0. The number of hydrogen-bond donors (Lipinski definition) is 2. The molecule has 2 aromatic heterocycles. The average Bonchev–Trinajstić information content (AvgIpc) is 3.52. The van der Waals surface area contributed by atoms with Crippen molar-refractivity contribution in [3.05, 3.63) is 46.8 Å². The molecule has 0 spiro atoms. The monoisotopic (exact) mass is 471 g/mol. The minimum absolute atomic E-state index is 0.175. The summed E-state index contributed by atoms with van der Waals surface area (Å²) in [5.41, 5.74) is 0.880. The number of aromatic amines is 1. The van der Waals surface area contributed by atoms with Crippen LogP contribution in [0, 0.1) is 0 Å². The number of rotatable bonds is 9. The fourth-order valence-electron chi connectivity index (χ4n) is 3.64. The van der Waals surface area contributed by atoms with Gasteiger partial charge in [0.1, 0.15) is 23.9 Å². The zero-order valence-electron chi connectivity index (χ0n) is 19.1. The maximum atomic E-state index is 12.7. The van der Waals surface area contributed by atoms with Crippen LogP contribution >= 0.6 is 11.3 Å². The maximum Gasteiger partial charge on any atom is 0.266 e. The van der Waals surface area contributed by atoms with E-state index in [2.05, 4.69) is 32.2 Å². The van der Waals surface area contributed by atoms with E-state index in [1.54, 1.807) is 26.4 Å². The smallest absolute Gasteiger partial charge is 0.266 e. The Morgan fingerprint density at radius 1 is 1.09 bits per heavy atom. The summed E-state index contributed by atoms with van der Waals surface area (Å²) >= 11 is 1.50. The topological polar surface area (TPSA) is 92.0 Å². The Morgan fingerprint density at radius 2 is 1.82 bits per heavy atom. The number of amides is 1. The number of nitrogens with one attached hydrogen (secondary N) is 2. The summed E-state index contributed by atoms with van der Waals surface area (Å²) in [7, 11) is 3.20. The van der Waals surface area contributed by atoms with Crippen LogP contribution in [0.4, 0.5) is 10.8 Å².